The van der Waals surface area contributed by atoms with Crippen molar-refractivity contribution in [2.45, 2.75) is 31.2 Å². The molecular weight excluding hydrogens is 232 g/mol. The molecule has 1 atom stereocenters. The van der Waals surface area contributed by atoms with E-state index < -0.39 is 11.9 Å². The Labute approximate surface area is 108 Å². The summed E-state index contributed by atoms with van der Waals surface area (Å²) < 4.78 is 10.2. The molecule has 1 rings (SSSR count). The van der Waals surface area contributed by atoms with Gasteiger partial charge in [-0.1, -0.05) is 18.2 Å². The van der Waals surface area contributed by atoms with Crippen molar-refractivity contribution in [1.82, 2.24) is 0 Å². The summed E-state index contributed by atoms with van der Waals surface area (Å²) in [7, 11) is 2.80. The largest absolute Gasteiger partial charge is 0.388 e. The zero-order chi connectivity index (χ0) is 13.6. The second kappa shape index (κ2) is 6.64. The lowest BCUT2D eigenvalue weighted by Gasteiger charge is -2.30. The van der Waals surface area contributed by atoms with E-state index in [1.807, 2.05) is 0 Å². The summed E-state index contributed by atoms with van der Waals surface area (Å²) in [5.41, 5.74) is 0.324. The van der Waals surface area contributed by atoms with Crippen molar-refractivity contribution in [3.8, 4) is 0 Å². The van der Waals surface area contributed by atoms with Crippen LogP contribution in [0.2, 0.25) is 0 Å². The highest BCUT2D eigenvalue weighted by Gasteiger charge is 2.41. The Morgan fingerprint density at radius 2 is 2.17 bits per heavy atom. The highest BCUT2D eigenvalue weighted by atomic mass is 16.7. The molecule has 0 fully saturated rings. The van der Waals surface area contributed by atoms with Gasteiger partial charge in [0, 0.05) is 19.8 Å². The zero-order valence-electron chi connectivity index (χ0n) is 10.9. The number of hydrogen-bond donors (Lipinski definition) is 1. The van der Waals surface area contributed by atoms with Crippen LogP contribution in [0.15, 0.2) is 36.5 Å². The molecule has 1 N–H and O–H groups in total. The monoisotopic (exact) mass is 252 g/mol. The van der Waals surface area contributed by atoms with Crippen LogP contribution in [0.4, 0.5) is 0 Å². The number of aliphatic hydroxyl groups is 1. The van der Waals surface area contributed by atoms with Crippen LogP contribution >= 0.6 is 0 Å². The van der Waals surface area contributed by atoms with Crippen molar-refractivity contribution in [2.75, 3.05) is 14.2 Å². The molecule has 0 amide bonds. The fourth-order valence-corrected chi connectivity index (χ4v) is 1.91. The van der Waals surface area contributed by atoms with Crippen LogP contribution in [0.25, 0.3) is 0 Å². The minimum atomic E-state index is -1.40. The first-order valence-corrected chi connectivity index (χ1v) is 5.94. The third kappa shape index (κ3) is 2.96. The lowest BCUT2D eigenvalue weighted by atomic mass is 9.91. The Kier molecular flexibility index (Phi) is 5.47. The van der Waals surface area contributed by atoms with Crippen LogP contribution in [0.5, 0.6) is 0 Å². The number of unbranched alkanes of at least 4 members (excludes halogenated alkanes) is 1. The van der Waals surface area contributed by atoms with Gasteiger partial charge in [0.15, 0.2) is 0 Å². The van der Waals surface area contributed by atoms with E-state index in [-0.39, 0.29) is 5.78 Å². The van der Waals surface area contributed by atoms with E-state index in [4.69, 9.17) is 9.47 Å². The minimum Gasteiger partial charge on any atom is -0.388 e. The highest BCUT2D eigenvalue weighted by molar-refractivity contribution is 6.04. The molecule has 0 bridgehead atoms. The Hall–Kier alpha value is -1.23. The Bertz CT molecular complexity index is 364. The summed E-state index contributed by atoms with van der Waals surface area (Å²) in [5.74, 6) is -1.75. The Morgan fingerprint density at radius 3 is 2.72 bits per heavy atom. The van der Waals surface area contributed by atoms with E-state index in [1.165, 1.54) is 20.3 Å². The molecule has 0 aliphatic heterocycles. The smallest absolute Gasteiger partial charge is 0.253 e. The minimum absolute atomic E-state index is 0.324. The quantitative estimate of drug-likeness (QED) is 0.426. The van der Waals surface area contributed by atoms with E-state index in [2.05, 4.69) is 6.58 Å². The second-order valence-electron chi connectivity index (χ2n) is 4.12. The predicted octanol–water partition coefficient (Wildman–Crippen LogP) is 1.76. The van der Waals surface area contributed by atoms with Crippen molar-refractivity contribution in [2.24, 2.45) is 0 Å². The number of carbonyl (C=O) groups is 1. The van der Waals surface area contributed by atoms with Gasteiger partial charge in [0.1, 0.15) is 0 Å². The average Bonchev–Trinajstić information content (AvgIpc) is 2.39. The van der Waals surface area contributed by atoms with E-state index in [9.17, 15) is 9.90 Å². The molecule has 0 spiro atoms. The lowest BCUT2D eigenvalue weighted by molar-refractivity contribution is -0.183. The van der Waals surface area contributed by atoms with Crippen LogP contribution in [0, 0.1) is 0 Å². The van der Waals surface area contributed by atoms with Crippen molar-refractivity contribution >= 4 is 5.78 Å². The lowest BCUT2D eigenvalue weighted by Crippen LogP contribution is -2.45. The van der Waals surface area contributed by atoms with Gasteiger partial charge in [-0.3, -0.25) is 4.79 Å². The van der Waals surface area contributed by atoms with Gasteiger partial charge in [-0.2, -0.15) is 0 Å². The third-order valence-electron chi connectivity index (χ3n) is 3.02. The fraction of sp³-hybridized carbons (Fsp3) is 0.500. The second-order valence-corrected chi connectivity index (χ2v) is 4.12. The molecule has 18 heavy (non-hydrogen) atoms. The van der Waals surface area contributed by atoms with E-state index in [0.717, 1.165) is 12.8 Å². The first kappa shape index (κ1) is 14.8. The maximum atomic E-state index is 12.2. The van der Waals surface area contributed by atoms with Gasteiger partial charge in [-0.15, -0.1) is 6.58 Å². The van der Waals surface area contributed by atoms with E-state index >= 15 is 0 Å². The summed E-state index contributed by atoms with van der Waals surface area (Å²) in [4.78, 5) is 12.2. The van der Waals surface area contributed by atoms with Crippen molar-refractivity contribution in [1.29, 1.82) is 0 Å². The molecule has 1 aliphatic carbocycles. The number of methoxy groups -OCH3 is 2. The fourth-order valence-electron chi connectivity index (χ4n) is 1.91. The zero-order valence-corrected chi connectivity index (χ0v) is 10.9. The van der Waals surface area contributed by atoms with Gasteiger partial charge >= 0.3 is 0 Å². The molecule has 0 aromatic carbocycles. The van der Waals surface area contributed by atoms with Gasteiger partial charge in [0.2, 0.25) is 5.78 Å². The first-order valence-electron chi connectivity index (χ1n) is 5.94. The van der Waals surface area contributed by atoms with Gasteiger partial charge in [-0.05, 0) is 25.3 Å². The summed E-state index contributed by atoms with van der Waals surface area (Å²) in [6.45, 7) is 3.62. The molecule has 0 heterocycles. The number of allylic oxidation sites excluding steroid dienone is 3. The maximum absolute atomic E-state index is 12.2. The van der Waals surface area contributed by atoms with Crippen LogP contribution in [0.1, 0.15) is 19.3 Å². The van der Waals surface area contributed by atoms with Crippen LogP contribution in [-0.2, 0) is 14.3 Å². The SMILES string of the molecule is C=CCCCC(O)C1=CC=CC(OC)(OC)C1=O. The van der Waals surface area contributed by atoms with Gasteiger partial charge in [0.05, 0.1) is 6.10 Å². The third-order valence-corrected chi connectivity index (χ3v) is 3.02. The number of ether oxygens (including phenoxy) is 2. The molecule has 1 unspecified atom stereocenters. The van der Waals surface area contributed by atoms with Crippen LogP contribution in [0.3, 0.4) is 0 Å². The van der Waals surface area contributed by atoms with E-state index in [0.29, 0.717) is 12.0 Å². The maximum Gasteiger partial charge on any atom is 0.253 e. The molecule has 100 valence electrons. The van der Waals surface area contributed by atoms with Crippen molar-refractivity contribution in [3.63, 3.8) is 0 Å². The number of hydrogen-bond acceptors (Lipinski definition) is 4. The molecule has 0 aromatic heterocycles. The summed E-state index contributed by atoms with van der Waals surface area (Å²) in [5, 5.41) is 10.0. The summed E-state index contributed by atoms with van der Waals surface area (Å²) in [6.07, 6.45) is 7.92. The van der Waals surface area contributed by atoms with Crippen molar-refractivity contribution in [3.05, 3.63) is 36.5 Å². The molecule has 4 heteroatoms. The van der Waals surface area contributed by atoms with E-state index in [1.54, 1.807) is 18.2 Å². The van der Waals surface area contributed by atoms with Crippen molar-refractivity contribution < 1.29 is 19.4 Å². The number of rotatable bonds is 7. The van der Waals surface area contributed by atoms with Gasteiger partial charge in [-0.25, -0.2) is 0 Å². The molecule has 0 saturated heterocycles. The Balaban J connectivity index is 2.77. The number of carbonyl (C=O) groups excluding carboxylic acids is 1. The van der Waals surface area contributed by atoms with Gasteiger partial charge in [0.25, 0.3) is 5.79 Å². The van der Waals surface area contributed by atoms with Crippen LogP contribution in [-0.4, -0.2) is 37.0 Å². The molecular formula is C14H20O4. The average molecular weight is 252 g/mol. The number of ketones is 1. The Morgan fingerprint density at radius 1 is 1.50 bits per heavy atom. The summed E-state index contributed by atoms with van der Waals surface area (Å²) in [6, 6.07) is 0. The standard InChI is InChI=1S/C14H20O4/c1-4-5-6-9-12(15)11-8-7-10-14(17-2,18-3)13(11)16/h4,7-8,10,12,15H,1,5-6,9H2,2-3H3. The first-order chi connectivity index (χ1) is 8.61. The molecule has 1 aliphatic rings. The predicted molar refractivity (Wildman–Crippen MR) is 69.0 cm³/mol. The number of Topliss-reactive ketones (excluding diaryl/α,β-unsaturated/α-hetero) is 1. The van der Waals surface area contributed by atoms with Crippen LogP contribution < -0.4 is 0 Å². The number of aliphatic hydroxyl groups excluding tert-OH is 1. The topological polar surface area (TPSA) is 55.8 Å². The summed E-state index contributed by atoms with van der Waals surface area (Å²) >= 11 is 0. The molecule has 0 radical (unpaired) electrons. The van der Waals surface area contributed by atoms with Gasteiger partial charge < -0.3 is 14.6 Å². The molecule has 4 nitrogen and oxygen atoms in total. The molecule has 0 aromatic rings. The molecule has 0 saturated carbocycles. The highest BCUT2D eigenvalue weighted by Crippen LogP contribution is 2.26. The normalized spacial score (nSPS) is 19.5.